The van der Waals surface area contributed by atoms with E-state index in [1.807, 2.05) is 31.2 Å². The summed E-state index contributed by atoms with van der Waals surface area (Å²) in [5, 5.41) is 0.718. The van der Waals surface area contributed by atoms with E-state index in [4.69, 9.17) is 5.73 Å². The standard InChI is InChI=1S/C29H29FN4O3S/c1-19(20-2-5-23(30)6-3-20)29(28(31)35)14-10-24(11-15-29)34-38(36,37)25-7-9-27-22(18-25)4-8-26(33-27)21-12-16-32-17-13-21/h2-9,12-13,16-19,24,34H,10-11,14-15H2,1H3,(H2,31,35)/t19-,24?,29?/m1/s1. The molecule has 3 N–H and O–H groups in total. The van der Waals surface area contributed by atoms with Crippen molar-refractivity contribution < 1.29 is 17.6 Å². The van der Waals surface area contributed by atoms with Gasteiger partial charge in [-0.1, -0.05) is 25.1 Å². The predicted octanol–water partition coefficient (Wildman–Crippen LogP) is 4.93. The first-order valence-corrected chi connectivity index (χ1v) is 14.1. The number of aromatic nitrogens is 2. The smallest absolute Gasteiger partial charge is 0.240 e. The minimum Gasteiger partial charge on any atom is -0.369 e. The number of amides is 1. The molecule has 1 aliphatic carbocycles. The maximum absolute atomic E-state index is 13.4. The fourth-order valence-corrected chi connectivity index (χ4v) is 6.80. The van der Waals surface area contributed by atoms with Crippen LogP contribution < -0.4 is 10.5 Å². The molecule has 1 saturated carbocycles. The molecule has 38 heavy (non-hydrogen) atoms. The molecule has 0 radical (unpaired) electrons. The van der Waals surface area contributed by atoms with Gasteiger partial charge in [0.1, 0.15) is 5.82 Å². The molecule has 2 heterocycles. The Morgan fingerprint density at radius 1 is 1.03 bits per heavy atom. The van der Waals surface area contributed by atoms with Crippen molar-refractivity contribution in [2.24, 2.45) is 11.1 Å². The predicted molar refractivity (Wildman–Crippen MR) is 144 cm³/mol. The molecule has 9 heteroatoms. The van der Waals surface area contributed by atoms with Crippen LogP contribution in [0.25, 0.3) is 22.2 Å². The molecule has 2 aromatic heterocycles. The molecule has 1 aliphatic rings. The van der Waals surface area contributed by atoms with E-state index in [1.165, 1.54) is 12.1 Å². The third kappa shape index (κ3) is 5.04. The highest BCUT2D eigenvalue weighted by atomic mass is 32.2. The first-order chi connectivity index (χ1) is 18.2. The van der Waals surface area contributed by atoms with Gasteiger partial charge in [-0.05, 0) is 85.7 Å². The molecule has 7 nitrogen and oxygen atoms in total. The van der Waals surface area contributed by atoms with Crippen molar-refractivity contribution in [1.82, 2.24) is 14.7 Å². The van der Waals surface area contributed by atoms with Crippen LogP contribution in [0.5, 0.6) is 0 Å². The quantitative estimate of drug-likeness (QED) is 0.350. The van der Waals surface area contributed by atoms with Crippen molar-refractivity contribution in [3.8, 4) is 11.3 Å². The highest BCUT2D eigenvalue weighted by Crippen LogP contribution is 2.47. The summed E-state index contributed by atoms with van der Waals surface area (Å²) in [5.41, 5.74) is 8.29. The van der Waals surface area contributed by atoms with E-state index < -0.39 is 21.3 Å². The maximum atomic E-state index is 13.4. The number of carbonyl (C=O) groups excluding carboxylic acids is 1. The number of nitrogens with two attached hydrogens (primary N) is 1. The normalized spacial score (nSPS) is 20.7. The van der Waals surface area contributed by atoms with Gasteiger partial charge in [0.15, 0.2) is 0 Å². The van der Waals surface area contributed by atoms with Gasteiger partial charge in [0.25, 0.3) is 0 Å². The Morgan fingerprint density at radius 3 is 2.37 bits per heavy atom. The zero-order valence-electron chi connectivity index (χ0n) is 21.0. The molecule has 4 aromatic rings. The Hall–Kier alpha value is -3.69. The molecule has 0 unspecified atom stereocenters. The Balaban J connectivity index is 1.31. The fourth-order valence-electron chi connectivity index (χ4n) is 5.46. The van der Waals surface area contributed by atoms with E-state index in [2.05, 4.69) is 14.7 Å². The monoisotopic (exact) mass is 532 g/mol. The maximum Gasteiger partial charge on any atom is 0.240 e. The molecule has 2 aromatic carbocycles. The van der Waals surface area contributed by atoms with E-state index in [1.54, 1.807) is 42.7 Å². The van der Waals surface area contributed by atoms with E-state index in [0.717, 1.165) is 22.2 Å². The average molecular weight is 533 g/mol. The minimum absolute atomic E-state index is 0.162. The van der Waals surface area contributed by atoms with E-state index in [0.29, 0.717) is 31.2 Å². The summed E-state index contributed by atoms with van der Waals surface area (Å²) >= 11 is 0. The molecule has 5 rings (SSSR count). The Bertz CT molecular complexity index is 1570. The van der Waals surface area contributed by atoms with Gasteiger partial charge in [0.05, 0.1) is 21.5 Å². The minimum atomic E-state index is -3.79. The zero-order chi connectivity index (χ0) is 26.9. The van der Waals surface area contributed by atoms with E-state index in [-0.39, 0.29) is 22.7 Å². The van der Waals surface area contributed by atoms with E-state index in [9.17, 15) is 17.6 Å². The van der Waals surface area contributed by atoms with Crippen molar-refractivity contribution in [3.63, 3.8) is 0 Å². The lowest BCUT2D eigenvalue weighted by molar-refractivity contribution is -0.131. The highest BCUT2D eigenvalue weighted by Gasteiger charge is 2.45. The topological polar surface area (TPSA) is 115 Å². The fraction of sp³-hybridized carbons (Fsp3) is 0.276. The SMILES string of the molecule is C[C@H](c1ccc(F)cc1)C1(C(N)=O)CCC(NS(=O)(=O)c2ccc3nc(-c4ccncc4)ccc3c2)CC1. The second kappa shape index (κ2) is 10.2. The summed E-state index contributed by atoms with van der Waals surface area (Å²) in [4.78, 5) is 21.5. The van der Waals surface area contributed by atoms with Crippen LogP contribution in [-0.4, -0.2) is 30.3 Å². The van der Waals surface area contributed by atoms with Crippen LogP contribution in [0.2, 0.25) is 0 Å². The van der Waals surface area contributed by atoms with Crippen LogP contribution >= 0.6 is 0 Å². The molecular weight excluding hydrogens is 503 g/mol. The zero-order valence-corrected chi connectivity index (χ0v) is 21.8. The van der Waals surface area contributed by atoms with Gasteiger partial charge in [-0.15, -0.1) is 0 Å². The first kappa shape index (κ1) is 25.9. The van der Waals surface area contributed by atoms with Crippen molar-refractivity contribution >= 4 is 26.8 Å². The number of sulfonamides is 1. The number of carbonyl (C=O) groups is 1. The number of halogens is 1. The summed E-state index contributed by atoms with van der Waals surface area (Å²) in [6.07, 6.45) is 5.22. The molecule has 196 valence electrons. The second-order valence-electron chi connectivity index (χ2n) is 9.98. The van der Waals surface area contributed by atoms with Crippen LogP contribution in [0, 0.1) is 11.2 Å². The number of nitrogens with one attached hydrogen (secondary N) is 1. The molecular formula is C29H29FN4O3S. The Kier molecular flexibility index (Phi) is 6.98. The van der Waals surface area contributed by atoms with Crippen LogP contribution in [-0.2, 0) is 14.8 Å². The number of hydrogen-bond acceptors (Lipinski definition) is 5. The summed E-state index contributed by atoms with van der Waals surface area (Å²) < 4.78 is 42.7. The number of nitrogens with zero attached hydrogens (tertiary/aromatic N) is 2. The highest BCUT2D eigenvalue weighted by molar-refractivity contribution is 7.89. The van der Waals surface area contributed by atoms with Crippen molar-refractivity contribution in [2.45, 2.75) is 49.5 Å². The van der Waals surface area contributed by atoms with E-state index >= 15 is 0 Å². The van der Waals surface area contributed by atoms with Gasteiger partial charge in [-0.3, -0.25) is 9.78 Å². The lowest BCUT2D eigenvalue weighted by Crippen LogP contribution is -2.48. The Labute approximate surface area is 221 Å². The summed E-state index contributed by atoms with van der Waals surface area (Å²) in [6, 6.07) is 18.1. The van der Waals surface area contributed by atoms with Gasteiger partial charge in [0.2, 0.25) is 15.9 Å². The molecule has 1 atom stereocenters. The first-order valence-electron chi connectivity index (χ1n) is 12.6. The summed E-state index contributed by atoms with van der Waals surface area (Å²) in [7, 11) is -3.79. The number of rotatable bonds is 7. The summed E-state index contributed by atoms with van der Waals surface area (Å²) in [6.45, 7) is 1.92. The van der Waals surface area contributed by atoms with Gasteiger partial charge in [-0.2, -0.15) is 0 Å². The third-order valence-corrected chi connectivity index (χ3v) is 9.35. The van der Waals surface area contributed by atoms with Gasteiger partial charge >= 0.3 is 0 Å². The molecule has 1 amide bonds. The molecule has 0 spiro atoms. The third-order valence-electron chi connectivity index (χ3n) is 7.84. The van der Waals surface area contributed by atoms with Crippen molar-refractivity contribution in [2.75, 3.05) is 0 Å². The van der Waals surface area contributed by atoms with Gasteiger partial charge < -0.3 is 5.73 Å². The number of fused-ring (bicyclic) bond motifs is 1. The van der Waals surface area contributed by atoms with Crippen LogP contribution in [0.1, 0.15) is 44.1 Å². The number of primary amides is 1. The molecule has 0 saturated heterocycles. The largest absolute Gasteiger partial charge is 0.369 e. The van der Waals surface area contributed by atoms with Crippen molar-refractivity contribution in [3.05, 3.63) is 90.5 Å². The van der Waals surface area contributed by atoms with Crippen LogP contribution in [0.3, 0.4) is 0 Å². The average Bonchev–Trinajstić information content (AvgIpc) is 2.93. The number of hydrogen-bond donors (Lipinski definition) is 2. The number of pyridine rings is 2. The lowest BCUT2D eigenvalue weighted by atomic mass is 9.63. The van der Waals surface area contributed by atoms with Crippen molar-refractivity contribution in [1.29, 1.82) is 0 Å². The molecule has 1 fully saturated rings. The van der Waals surface area contributed by atoms with Gasteiger partial charge in [0, 0.05) is 29.4 Å². The Morgan fingerprint density at radius 2 is 1.71 bits per heavy atom. The van der Waals surface area contributed by atoms with Crippen LogP contribution in [0.15, 0.2) is 84.0 Å². The summed E-state index contributed by atoms with van der Waals surface area (Å²) in [5.74, 6) is -0.974. The molecule has 0 bridgehead atoms. The lowest BCUT2D eigenvalue weighted by Gasteiger charge is -2.42. The van der Waals surface area contributed by atoms with Gasteiger partial charge in [-0.25, -0.2) is 22.5 Å². The number of benzene rings is 2. The second-order valence-corrected chi connectivity index (χ2v) is 11.7. The van der Waals surface area contributed by atoms with Crippen LogP contribution in [0.4, 0.5) is 4.39 Å². The molecule has 0 aliphatic heterocycles.